The van der Waals surface area contributed by atoms with Gasteiger partial charge in [-0.3, -0.25) is 4.79 Å². The van der Waals surface area contributed by atoms with Gasteiger partial charge in [-0.05, 0) is 29.7 Å². The molecule has 1 nitrogen and oxygen atoms in total. The van der Waals surface area contributed by atoms with Crippen molar-refractivity contribution in [3.05, 3.63) is 41.0 Å². The second kappa shape index (κ2) is 2.59. The molecule has 2 rings (SSSR count). The Labute approximate surface area is 71.7 Å². The van der Waals surface area contributed by atoms with Crippen molar-refractivity contribution in [2.75, 3.05) is 0 Å². The van der Waals surface area contributed by atoms with Gasteiger partial charge in [0.2, 0.25) is 0 Å². The Balaban J connectivity index is 2.41. The highest BCUT2D eigenvalue weighted by Gasteiger charge is 2.13. The number of carbonyl (C=O) groups is 1. The molecule has 0 amide bonds. The van der Waals surface area contributed by atoms with E-state index in [9.17, 15) is 4.79 Å². The molecule has 12 heavy (non-hydrogen) atoms. The molecule has 0 bridgehead atoms. The second-order valence-corrected chi connectivity index (χ2v) is 3.10. The van der Waals surface area contributed by atoms with Crippen molar-refractivity contribution in [3.63, 3.8) is 0 Å². The van der Waals surface area contributed by atoms with Crippen LogP contribution in [-0.2, 0) is 11.2 Å². The first kappa shape index (κ1) is 7.29. The van der Waals surface area contributed by atoms with E-state index in [1.807, 2.05) is 24.3 Å². The fourth-order valence-corrected chi connectivity index (χ4v) is 1.51. The maximum Gasteiger partial charge on any atom is 0.156 e. The van der Waals surface area contributed by atoms with E-state index in [0.29, 0.717) is 0 Å². The maximum absolute atomic E-state index is 11.0. The minimum absolute atomic E-state index is 0.186. The van der Waals surface area contributed by atoms with Crippen LogP contribution in [0.3, 0.4) is 0 Å². The van der Waals surface area contributed by atoms with Gasteiger partial charge in [0.15, 0.2) is 5.78 Å². The van der Waals surface area contributed by atoms with Crippen LogP contribution in [0.4, 0.5) is 0 Å². The summed E-state index contributed by atoms with van der Waals surface area (Å²) < 4.78 is 0. The van der Waals surface area contributed by atoms with Gasteiger partial charge in [-0.25, -0.2) is 0 Å². The quantitative estimate of drug-likeness (QED) is 0.612. The molecule has 0 fully saturated rings. The predicted octanol–water partition coefficient (Wildman–Crippen LogP) is 2.22. The SMILES string of the molecule is CC(=O)C1=Cc2ccccc2C1. The summed E-state index contributed by atoms with van der Waals surface area (Å²) in [6.45, 7) is 1.62. The van der Waals surface area contributed by atoms with Crippen LogP contribution >= 0.6 is 0 Å². The number of Topliss-reactive ketones (excluding diaryl/α,β-unsaturated/α-hetero) is 1. The van der Waals surface area contributed by atoms with E-state index in [2.05, 4.69) is 6.07 Å². The molecule has 0 spiro atoms. The lowest BCUT2D eigenvalue weighted by atomic mass is 10.1. The predicted molar refractivity (Wildman–Crippen MR) is 48.8 cm³/mol. The van der Waals surface area contributed by atoms with Crippen LogP contribution in [0.15, 0.2) is 29.8 Å². The number of fused-ring (bicyclic) bond motifs is 1. The molecule has 0 aromatic heterocycles. The summed E-state index contributed by atoms with van der Waals surface area (Å²) in [7, 11) is 0. The van der Waals surface area contributed by atoms with Crippen molar-refractivity contribution < 1.29 is 4.79 Å². The van der Waals surface area contributed by atoms with E-state index in [-0.39, 0.29) is 5.78 Å². The highest BCUT2D eigenvalue weighted by Crippen LogP contribution is 2.24. The topological polar surface area (TPSA) is 17.1 Å². The van der Waals surface area contributed by atoms with Gasteiger partial charge in [0.05, 0.1) is 0 Å². The van der Waals surface area contributed by atoms with Crippen molar-refractivity contribution in [3.8, 4) is 0 Å². The number of benzene rings is 1. The third-order valence-corrected chi connectivity index (χ3v) is 2.22. The van der Waals surface area contributed by atoms with E-state index in [4.69, 9.17) is 0 Å². The smallest absolute Gasteiger partial charge is 0.156 e. The van der Waals surface area contributed by atoms with Gasteiger partial charge in [-0.1, -0.05) is 24.3 Å². The number of rotatable bonds is 1. The van der Waals surface area contributed by atoms with Gasteiger partial charge in [0.1, 0.15) is 0 Å². The first-order valence-electron chi connectivity index (χ1n) is 4.07. The van der Waals surface area contributed by atoms with E-state index in [0.717, 1.165) is 12.0 Å². The Bertz CT molecular complexity index is 361. The summed E-state index contributed by atoms with van der Waals surface area (Å²) in [6.07, 6.45) is 2.79. The zero-order chi connectivity index (χ0) is 8.55. The standard InChI is InChI=1S/C11H10O/c1-8(12)11-6-9-4-2-3-5-10(9)7-11/h2-6H,7H2,1H3. The fraction of sp³-hybridized carbons (Fsp3) is 0.182. The molecule has 0 unspecified atom stereocenters. The van der Waals surface area contributed by atoms with Crippen LogP contribution < -0.4 is 0 Å². The van der Waals surface area contributed by atoms with Gasteiger partial charge < -0.3 is 0 Å². The highest BCUT2D eigenvalue weighted by molar-refractivity contribution is 6.00. The lowest BCUT2D eigenvalue weighted by Gasteiger charge is -1.95. The third kappa shape index (κ3) is 1.07. The first-order chi connectivity index (χ1) is 5.77. The Hall–Kier alpha value is -1.37. The summed E-state index contributed by atoms with van der Waals surface area (Å²) in [5.41, 5.74) is 3.39. The molecule has 0 radical (unpaired) electrons. The van der Waals surface area contributed by atoms with Crippen LogP contribution in [0.2, 0.25) is 0 Å². The number of carbonyl (C=O) groups excluding carboxylic acids is 1. The zero-order valence-corrected chi connectivity index (χ0v) is 7.00. The van der Waals surface area contributed by atoms with E-state index in [1.165, 1.54) is 11.1 Å². The molecule has 60 valence electrons. The van der Waals surface area contributed by atoms with Gasteiger partial charge in [0.25, 0.3) is 0 Å². The van der Waals surface area contributed by atoms with Crippen LogP contribution in [0.5, 0.6) is 0 Å². The summed E-state index contributed by atoms with van der Waals surface area (Å²) in [5, 5.41) is 0. The van der Waals surface area contributed by atoms with Gasteiger partial charge in [-0.2, -0.15) is 0 Å². The molecule has 1 aliphatic carbocycles. The van der Waals surface area contributed by atoms with Crippen molar-refractivity contribution in [2.45, 2.75) is 13.3 Å². The molecular formula is C11H10O. The van der Waals surface area contributed by atoms with E-state index >= 15 is 0 Å². The van der Waals surface area contributed by atoms with Gasteiger partial charge in [-0.15, -0.1) is 0 Å². The summed E-state index contributed by atoms with van der Waals surface area (Å²) in [4.78, 5) is 11.0. The van der Waals surface area contributed by atoms with Crippen molar-refractivity contribution >= 4 is 11.9 Å². The number of hydrogen-bond acceptors (Lipinski definition) is 1. The average Bonchev–Trinajstić information content (AvgIpc) is 2.46. The lowest BCUT2D eigenvalue weighted by Crippen LogP contribution is -1.94. The van der Waals surface area contributed by atoms with Crippen LogP contribution in [0.1, 0.15) is 18.1 Å². The van der Waals surface area contributed by atoms with Gasteiger partial charge >= 0.3 is 0 Å². The molecule has 0 aliphatic heterocycles. The van der Waals surface area contributed by atoms with Gasteiger partial charge in [0, 0.05) is 6.42 Å². The molecular weight excluding hydrogens is 148 g/mol. The minimum atomic E-state index is 0.186. The maximum atomic E-state index is 11.0. The average molecular weight is 158 g/mol. The Morgan fingerprint density at radius 3 is 2.75 bits per heavy atom. The Morgan fingerprint density at radius 2 is 2.08 bits per heavy atom. The number of allylic oxidation sites excluding steroid dienone is 1. The molecule has 0 atom stereocenters. The summed E-state index contributed by atoms with van der Waals surface area (Å²) in [5.74, 6) is 0.186. The summed E-state index contributed by atoms with van der Waals surface area (Å²) in [6, 6.07) is 8.13. The number of ketones is 1. The monoisotopic (exact) mass is 158 g/mol. The third-order valence-electron chi connectivity index (χ3n) is 2.22. The van der Waals surface area contributed by atoms with Crippen LogP contribution in [0.25, 0.3) is 6.08 Å². The highest BCUT2D eigenvalue weighted by atomic mass is 16.1. The molecule has 0 saturated carbocycles. The number of hydrogen-bond donors (Lipinski definition) is 0. The normalized spacial score (nSPS) is 13.9. The molecule has 0 heterocycles. The Morgan fingerprint density at radius 1 is 1.33 bits per heavy atom. The molecule has 0 saturated heterocycles. The van der Waals surface area contributed by atoms with Crippen LogP contribution in [0, 0.1) is 0 Å². The first-order valence-corrected chi connectivity index (χ1v) is 4.07. The molecule has 0 N–H and O–H groups in total. The summed E-state index contributed by atoms with van der Waals surface area (Å²) >= 11 is 0. The van der Waals surface area contributed by atoms with Crippen LogP contribution in [-0.4, -0.2) is 5.78 Å². The molecule has 1 aromatic carbocycles. The van der Waals surface area contributed by atoms with Crippen molar-refractivity contribution in [2.24, 2.45) is 0 Å². The van der Waals surface area contributed by atoms with Crippen molar-refractivity contribution in [1.29, 1.82) is 0 Å². The lowest BCUT2D eigenvalue weighted by molar-refractivity contribution is -0.113. The largest absolute Gasteiger partial charge is 0.295 e. The molecule has 1 aromatic rings. The molecule has 1 heteroatoms. The second-order valence-electron chi connectivity index (χ2n) is 3.10. The fourth-order valence-electron chi connectivity index (χ4n) is 1.51. The molecule has 1 aliphatic rings. The zero-order valence-electron chi connectivity index (χ0n) is 7.00. The van der Waals surface area contributed by atoms with Crippen molar-refractivity contribution in [1.82, 2.24) is 0 Å². The minimum Gasteiger partial charge on any atom is -0.295 e. The van der Waals surface area contributed by atoms with E-state index < -0.39 is 0 Å². The van der Waals surface area contributed by atoms with E-state index in [1.54, 1.807) is 6.92 Å². The Kier molecular flexibility index (Phi) is 1.58.